The van der Waals surface area contributed by atoms with Crippen molar-refractivity contribution in [2.24, 2.45) is 5.92 Å². The molecule has 0 radical (unpaired) electrons. The number of fused-ring (bicyclic) bond motifs is 2. The molecule has 0 spiro atoms. The molecule has 1 aliphatic rings. The second-order valence-corrected chi connectivity index (χ2v) is 10.0. The molecule has 0 saturated carbocycles. The highest BCUT2D eigenvalue weighted by molar-refractivity contribution is 6.23. The molecule has 0 unspecified atom stereocenters. The van der Waals surface area contributed by atoms with Crippen molar-refractivity contribution in [1.82, 2.24) is 15.5 Å². The SMILES string of the molecule is CC(C)C[C@H](N[C@H](CCN1C(=O)c2cc3ccccc3cc2C1=O)C(=O)O)C(=O)NCc1cc(F)cc(F)c1. The maximum absolute atomic E-state index is 13.5. The third-order valence-electron chi connectivity index (χ3n) is 6.59. The van der Waals surface area contributed by atoms with Gasteiger partial charge in [-0.3, -0.25) is 29.4 Å². The number of halogens is 2. The Morgan fingerprint density at radius 2 is 1.46 bits per heavy atom. The number of carboxylic acids is 1. The Morgan fingerprint density at radius 1 is 0.897 bits per heavy atom. The van der Waals surface area contributed by atoms with Crippen LogP contribution in [-0.2, 0) is 16.1 Å². The molecule has 3 amide bonds. The first kappa shape index (κ1) is 27.8. The normalized spacial score (nSPS) is 14.5. The number of carboxylic acid groups (broad SMARTS) is 1. The number of rotatable bonds is 11. The molecule has 39 heavy (non-hydrogen) atoms. The van der Waals surface area contributed by atoms with Gasteiger partial charge in [-0.05, 0) is 59.4 Å². The van der Waals surface area contributed by atoms with E-state index in [2.05, 4.69) is 10.6 Å². The first-order chi connectivity index (χ1) is 18.5. The van der Waals surface area contributed by atoms with Crippen molar-refractivity contribution in [3.63, 3.8) is 0 Å². The van der Waals surface area contributed by atoms with E-state index in [4.69, 9.17) is 0 Å². The van der Waals surface area contributed by atoms with Crippen LogP contribution in [0.5, 0.6) is 0 Å². The van der Waals surface area contributed by atoms with Crippen molar-refractivity contribution in [3.8, 4) is 0 Å². The van der Waals surface area contributed by atoms with Crippen LogP contribution in [0.1, 0.15) is 53.0 Å². The van der Waals surface area contributed by atoms with Gasteiger partial charge in [0.25, 0.3) is 11.8 Å². The molecule has 3 aromatic rings. The Balaban J connectivity index is 1.43. The molecule has 0 bridgehead atoms. The predicted octanol–water partition coefficient (Wildman–Crippen LogP) is 3.88. The number of benzene rings is 3. The van der Waals surface area contributed by atoms with Crippen LogP contribution in [0.3, 0.4) is 0 Å². The van der Waals surface area contributed by atoms with Crippen LogP contribution in [0.25, 0.3) is 10.8 Å². The Bertz CT molecular complexity index is 1370. The summed E-state index contributed by atoms with van der Waals surface area (Å²) in [6.45, 7) is 3.42. The number of nitrogens with zero attached hydrogens (tertiary/aromatic N) is 1. The highest BCUT2D eigenvalue weighted by Gasteiger charge is 2.37. The van der Waals surface area contributed by atoms with Crippen LogP contribution in [-0.4, -0.2) is 52.3 Å². The number of carbonyl (C=O) groups is 4. The van der Waals surface area contributed by atoms with E-state index >= 15 is 0 Å². The second kappa shape index (κ2) is 11.7. The third-order valence-corrected chi connectivity index (χ3v) is 6.59. The van der Waals surface area contributed by atoms with Crippen LogP contribution in [0, 0.1) is 17.6 Å². The van der Waals surface area contributed by atoms with Crippen LogP contribution >= 0.6 is 0 Å². The summed E-state index contributed by atoms with van der Waals surface area (Å²) in [6, 6.07) is 11.4. The molecule has 10 heteroatoms. The van der Waals surface area contributed by atoms with Gasteiger partial charge in [-0.25, -0.2) is 8.78 Å². The van der Waals surface area contributed by atoms with Gasteiger partial charge in [0, 0.05) is 19.2 Å². The molecule has 204 valence electrons. The van der Waals surface area contributed by atoms with Crippen LogP contribution in [0.4, 0.5) is 8.78 Å². The van der Waals surface area contributed by atoms with E-state index < -0.39 is 47.4 Å². The quantitative estimate of drug-likeness (QED) is 0.320. The zero-order valence-electron chi connectivity index (χ0n) is 21.5. The Labute approximate surface area is 224 Å². The molecule has 3 aromatic carbocycles. The summed E-state index contributed by atoms with van der Waals surface area (Å²) in [7, 11) is 0. The number of imide groups is 1. The summed E-state index contributed by atoms with van der Waals surface area (Å²) in [6.07, 6.45) is 0.157. The van der Waals surface area contributed by atoms with E-state index in [-0.39, 0.29) is 48.5 Å². The highest BCUT2D eigenvalue weighted by atomic mass is 19.1. The largest absolute Gasteiger partial charge is 0.480 e. The lowest BCUT2D eigenvalue weighted by Crippen LogP contribution is -2.52. The lowest BCUT2D eigenvalue weighted by molar-refractivity contribution is -0.140. The molecule has 3 N–H and O–H groups in total. The zero-order valence-corrected chi connectivity index (χ0v) is 21.5. The van der Waals surface area contributed by atoms with Gasteiger partial charge in [-0.15, -0.1) is 0 Å². The fourth-order valence-corrected chi connectivity index (χ4v) is 4.71. The molecule has 0 aromatic heterocycles. The summed E-state index contributed by atoms with van der Waals surface area (Å²) >= 11 is 0. The summed E-state index contributed by atoms with van der Waals surface area (Å²) in [5.41, 5.74) is 0.756. The molecule has 4 rings (SSSR count). The molecular weight excluding hydrogens is 508 g/mol. The lowest BCUT2D eigenvalue weighted by Gasteiger charge is -2.25. The Morgan fingerprint density at radius 3 is 1.97 bits per heavy atom. The standard InChI is InChI=1S/C29H29F2N3O5/c1-16(2)9-25(26(35)32-15-17-10-20(30)14-21(31)11-17)33-24(29(38)39)7-8-34-27(36)22-12-18-5-3-4-6-19(18)13-23(22)28(34)37/h3-6,10-14,16,24-25,33H,7-9,15H2,1-2H3,(H,32,35)(H,38,39)/t24-,25+/m1/s1. The fourth-order valence-electron chi connectivity index (χ4n) is 4.71. The maximum atomic E-state index is 13.5. The van der Waals surface area contributed by atoms with Crippen LogP contribution in [0.2, 0.25) is 0 Å². The number of hydrogen-bond donors (Lipinski definition) is 3. The third kappa shape index (κ3) is 6.46. The molecule has 1 aliphatic heterocycles. The molecule has 0 fully saturated rings. The zero-order chi connectivity index (χ0) is 28.3. The van der Waals surface area contributed by atoms with Gasteiger partial charge in [-0.2, -0.15) is 0 Å². The Kier molecular flexibility index (Phi) is 8.35. The maximum Gasteiger partial charge on any atom is 0.320 e. The average molecular weight is 538 g/mol. The number of aliphatic carboxylic acids is 1. The summed E-state index contributed by atoms with van der Waals surface area (Å²) < 4.78 is 27.0. The van der Waals surface area contributed by atoms with E-state index in [9.17, 15) is 33.1 Å². The van der Waals surface area contributed by atoms with Gasteiger partial charge in [0.1, 0.15) is 17.7 Å². The van der Waals surface area contributed by atoms with Crippen molar-refractivity contribution in [3.05, 3.63) is 82.9 Å². The first-order valence-electron chi connectivity index (χ1n) is 12.6. The molecule has 2 atom stereocenters. The van der Waals surface area contributed by atoms with E-state index in [1.165, 1.54) is 0 Å². The van der Waals surface area contributed by atoms with Crippen LogP contribution in [0.15, 0.2) is 54.6 Å². The van der Waals surface area contributed by atoms with Crippen molar-refractivity contribution in [2.75, 3.05) is 6.54 Å². The minimum atomic E-state index is -1.24. The number of nitrogens with one attached hydrogen (secondary N) is 2. The minimum absolute atomic E-state index is 0.0136. The summed E-state index contributed by atoms with van der Waals surface area (Å²) in [5.74, 6) is -4.31. The average Bonchev–Trinajstić information content (AvgIpc) is 3.10. The van der Waals surface area contributed by atoms with Crippen molar-refractivity contribution >= 4 is 34.5 Å². The van der Waals surface area contributed by atoms with Gasteiger partial charge in [0.05, 0.1) is 17.2 Å². The molecule has 1 heterocycles. The number of hydrogen-bond acceptors (Lipinski definition) is 5. The van der Waals surface area contributed by atoms with Crippen molar-refractivity contribution in [1.29, 1.82) is 0 Å². The van der Waals surface area contributed by atoms with Gasteiger partial charge in [0.15, 0.2) is 0 Å². The van der Waals surface area contributed by atoms with E-state index in [0.717, 1.165) is 33.9 Å². The predicted molar refractivity (Wildman–Crippen MR) is 140 cm³/mol. The highest BCUT2D eigenvalue weighted by Crippen LogP contribution is 2.28. The van der Waals surface area contributed by atoms with Gasteiger partial charge < -0.3 is 10.4 Å². The minimum Gasteiger partial charge on any atom is -0.480 e. The number of amides is 3. The second-order valence-electron chi connectivity index (χ2n) is 10.0. The smallest absolute Gasteiger partial charge is 0.320 e. The van der Waals surface area contributed by atoms with Gasteiger partial charge >= 0.3 is 5.97 Å². The van der Waals surface area contributed by atoms with Gasteiger partial charge in [0.2, 0.25) is 5.91 Å². The van der Waals surface area contributed by atoms with Gasteiger partial charge in [-0.1, -0.05) is 38.1 Å². The molecule has 0 saturated heterocycles. The topological polar surface area (TPSA) is 116 Å². The molecular formula is C29H29F2N3O5. The fraction of sp³-hybridized carbons (Fsp3) is 0.310. The van der Waals surface area contributed by atoms with Crippen molar-refractivity contribution < 1.29 is 33.1 Å². The van der Waals surface area contributed by atoms with E-state index in [0.29, 0.717) is 0 Å². The summed E-state index contributed by atoms with van der Waals surface area (Å²) in [5, 5.41) is 16.9. The monoisotopic (exact) mass is 537 g/mol. The van der Waals surface area contributed by atoms with Crippen molar-refractivity contribution in [2.45, 2.75) is 45.3 Å². The Hall–Kier alpha value is -4.18. The molecule has 8 nitrogen and oxygen atoms in total. The summed E-state index contributed by atoms with van der Waals surface area (Å²) in [4.78, 5) is 52.0. The lowest BCUT2D eigenvalue weighted by atomic mass is 10.0. The van der Waals surface area contributed by atoms with E-state index in [1.54, 1.807) is 12.1 Å². The van der Waals surface area contributed by atoms with Crippen LogP contribution < -0.4 is 10.6 Å². The van der Waals surface area contributed by atoms with E-state index in [1.807, 2.05) is 38.1 Å². The number of carbonyl (C=O) groups excluding carboxylic acids is 3. The first-order valence-corrected chi connectivity index (χ1v) is 12.6. The molecule has 0 aliphatic carbocycles.